The molecule has 38 heavy (non-hydrogen) atoms. The molecule has 5 rings (SSSR count). The zero-order valence-electron chi connectivity index (χ0n) is 20.5. The second kappa shape index (κ2) is 11.9. The van der Waals surface area contributed by atoms with E-state index in [1.807, 2.05) is 60.0 Å². The summed E-state index contributed by atoms with van der Waals surface area (Å²) in [5, 5.41) is 21.2. The fourth-order valence-electron chi connectivity index (χ4n) is 3.87. The lowest BCUT2D eigenvalue weighted by molar-refractivity contribution is 0.0741. The van der Waals surface area contributed by atoms with Crippen LogP contribution < -0.4 is 0 Å². The molecule has 11 heteroatoms. The predicted molar refractivity (Wildman–Crippen MR) is 145 cm³/mol. The van der Waals surface area contributed by atoms with E-state index in [9.17, 15) is 4.79 Å². The average Bonchev–Trinajstić information content (AvgIpc) is 3.71. The number of nitriles is 1. The lowest BCUT2D eigenvalue weighted by atomic mass is 10.2. The Kier molecular flexibility index (Phi) is 7.92. The van der Waals surface area contributed by atoms with Crippen molar-refractivity contribution in [3.8, 4) is 23.3 Å². The smallest absolute Gasteiger partial charge is 0.273 e. The van der Waals surface area contributed by atoms with Crippen molar-refractivity contribution in [2.24, 2.45) is 0 Å². The average molecular weight is 542 g/mol. The van der Waals surface area contributed by atoms with Gasteiger partial charge >= 0.3 is 0 Å². The summed E-state index contributed by atoms with van der Waals surface area (Å²) in [7, 11) is 0. The van der Waals surface area contributed by atoms with E-state index < -0.39 is 0 Å². The molecule has 190 valence electrons. The van der Waals surface area contributed by atoms with Crippen molar-refractivity contribution in [1.29, 1.82) is 5.26 Å². The van der Waals surface area contributed by atoms with Crippen LogP contribution in [0.15, 0.2) is 82.1 Å². The van der Waals surface area contributed by atoms with Gasteiger partial charge in [-0.3, -0.25) is 14.3 Å². The first-order valence-electron chi connectivity index (χ1n) is 11.8. The second-order valence-corrected chi connectivity index (χ2v) is 10.2. The minimum atomic E-state index is -0.209. The fraction of sp³-hybridized carbons (Fsp3) is 0.185. The molecule has 0 radical (unpaired) electrons. The summed E-state index contributed by atoms with van der Waals surface area (Å²) in [6, 6.07) is 17.6. The van der Waals surface area contributed by atoms with E-state index in [0.717, 1.165) is 21.8 Å². The van der Waals surface area contributed by atoms with Crippen LogP contribution in [-0.4, -0.2) is 42.1 Å². The molecule has 4 heterocycles. The summed E-state index contributed by atoms with van der Waals surface area (Å²) in [4.78, 5) is 23.6. The van der Waals surface area contributed by atoms with Crippen LogP contribution in [0.2, 0.25) is 0 Å². The van der Waals surface area contributed by atoms with Crippen LogP contribution in [0.1, 0.15) is 33.0 Å². The molecule has 0 aliphatic carbocycles. The topological polar surface area (TPSA) is 114 Å². The van der Waals surface area contributed by atoms with Gasteiger partial charge in [0.2, 0.25) is 5.82 Å². The Morgan fingerprint density at radius 1 is 1.18 bits per heavy atom. The molecule has 0 saturated heterocycles. The van der Waals surface area contributed by atoms with Crippen molar-refractivity contribution in [3.05, 3.63) is 94.4 Å². The molecule has 5 aromatic rings. The number of benzene rings is 1. The molecule has 0 aliphatic rings. The van der Waals surface area contributed by atoms with Crippen molar-refractivity contribution < 1.29 is 9.21 Å². The number of aryl methyl sites for hydroxylation is 1. The predicted octanol–water partition coefficient (Wildman–Crippen LogP) is 5.54. The molecule has 0 aliphatic heterocycles. The molecule has 0 fully saturated rings. The summed E-state index contributed by atoms with van der Waals surface area (Å²) in [5.41, 5.74) is 3.30. The van der Waals surface area contributed by atoms with Gasteiger partial charge in [0.1, 0.15) is 10.7 Å². The van der Waals surface area contributed by atoms with Gasteiger partial charge in [-0.2, -0.15) is 5.26 Å². The molecule has 0 saturated carbocycles. The van der Waals surface area contributed by atoms with Crippen molar-refractivity contribution in [1.82, 2.24) is 29.6 Å². The Morgan fingerprint density at radius 2 is 2.08 bits per heavy atom. The highest BCUT2D eigenvalue weighted by molar-refractivity contribution is 7.98. The van der Waals surface area contributed by atoms with Gasteiger partial charge in [0.15, 0.2) is 10.9 Å². The Balaban J connectivity index is 1.35. The van der Waals surface area contributed by atoms with E-state index in [2.05, 4.69) is 26.2 Å². The molecule has 0 bridgehead atoms. The number of rotatable bonds is 10. The standard InChI is InChI=1S/C27H23N7O2S2/c1-19-7-2-3-9-22(19)34-25(23-10-5-14-36-23)31-32-27(34)38-18-24-30-21(17-37-24)26(35)33(13-6-11-28)16-20-8-4-12-29-15-20/h2-5,7-10,12,14-15,17H,6,13,16,18H2,1H3. The highest BCUT2D eigenvalue weighted by atomic mass is 32.2. The zero-order valence-corrected chi connectivity index (χ0v) is 22.2. The van der Waals surface area contributed by atoms with Gasteiger partial charge in [-0.1, -0.05) is 36.0 Å². The third-order valence-electron chi connectivity index (χ3n) is 5.70. The summed E-state index contributed by atoms with van der Waals surface area (Å²) in [6.07, 6.45) is 5.26. The summed E-state index contributed by atoms with van der Waals surface area (Å²) < 4.78 is 7.59. The summed E-state index contributed by atoms with van der Waals surface area (Å²) in [5.74, 6) is 1.55. The van der Waals surface area contributed by atoms with Gasteiger partial charge in [-0.25, -0.2) is 4.98 Å². The SMILES string of the molecule is Cc1ccccc1-n1c(SCc2nc(C(=O)N(CCC#N)Cc3cccnc3)cs2)nnc1-c1ccco1. The van der Waals surface area contributed by atoms with Crippen molar-refractivity contribution in [2.45, 2.75) is 30.8 Å². The van der Waals surface area contributed by atoms with Crippen molar-refractivity contribution in [2.75, 3.05) is 6.54 Å². The van der Waals surface area contributed by atoms with Crippen LogP contribution in [0.5, 0.6) is 0 Å². The quantitative estimate of drug-likeness (QED) is 0.212. The van der Waals surface area contributed by atoms with Crippen LogP contribution in [0.3, 0.4) is 0 Å². The Labute approximate surface area is 227 Å². The van der Waals surface area contributed by atoms with Crippen LogP contribution >= 0.6 is 23.1 Å². The second-order valence-electron chi connectivity index (χ2n) is 8.32. The molecule has 0 atom stereocenters. The molecule has 9 nitrogen and oxygen atoms in total. The Bertz CT molecular complexity index is 1560. The lowest BCUT2D eigenvalue weighted by Crippen LogP contribution is -2.31. The Hall–Kier alpha value is -4.27. The van der Waals surface area contributed by atoms with E-state index in [1.54, 1.807) is 28.9 Å². The van der Waals surface area contributed by atoms with Gasteiger partial charge in [0, 0.05) is 30.9 Å². The maximum atomic E-state index is 13.3. The van der Waals surface area contributed by atoms with Gasteiger partial charge in [-0.15, -0.1) is 21.5 Å². The maximum Gasteiger partial charge on any atom is 0.273 e. The molecule has 0 N–H and O–H groups in total. The molecule has 1 amide bonds. The van der Waals surface area contributed by atoms with Crippen molar-refractivity contribution >= 4 is 29.0 Å². The largest absolute Gasteiger partial charge is 0.461 e. The molecular weight excluding hydrogens is 518 g/mol. The maximum absolute atomic E-state index is 13.3. The normalized spacial score (nSPS) is 10.8. The van der Waals surface area contributed by atoms with Gasteiger partial charge in [0.05, 0.1) is 30.2 Å². The number of thioether (sulfide) groups is 1. The van der Waals surface area contributed by atoms with E-state index >= 15 is 0 Å². The van der Waals surface area contributed by atoms with Crippen LogP contribution in [0.25, 0.3) is 17.3 Å². The monoisotopic (exact) mass is 541 g/mol. The van der Waals surface area contributed by atoms with Gasteiger partial charge in [0.25, 0.3) is 5.91 Å². The number of carbonyl (C=O) groups excluding carboxylic acids is 1. The van der Waals surface area contributed by atoms with Crippen LogP contribution in [-0.2, 0) is 12.3 Å². The number of furan rings is 1. The molecule has 0 spiro atoms. The minimum absolute atomic E-state index is 0.209. The minimum Gasteiger partial charge on any atom is -0.461 e. The summed E-state index contributed by atoms with van der Waals surface area (Å²) >= 11 is 2.91. The number of carbonyl (C=O) groups is 1. The molecule has 4 aromatic heterocycles. The van der Waals surface area contributed by atoms with E-state index in [-0.39, 0.29) is 12.3 Å². The van der Waals surface area contributed by atoms with Gasteiger partial charge < -0.3 is 9.32 Å². The zero-order chi connectivity index (χ0) is 26.3. The third kappa shape index (κ3) is 5.66. The number of amides is 1. The third-order valence-corrected chi connectivity index (χ3v) is 7.68. The van der Waals surface area contributed by atoms with Gasteiger partial charge in [-0.05, 0) is 42.3 Å². The molecular formula is C27H23N7O2S2. The Morgan fingerprint density at radius 3 is 2.84 bits per heavy atom. The van der Waals surface area contributed by atoms with Crippen LogP contribution in [0, 0.1) is 18.3 Å². The highest BCUT2D eigenvalue weighted by Crippen LogP contribution is 2.31. The van der Waals surface area contributed by atoms with E-state index in [4.69, 9.17) is 9.68 Å². The van der Waals surface area contributed by atoms with E-state index in [1.165, 1.54) is 23.1 Å². The number of hydrogen-bond donors (Lipinski definition) is 0. The fourth-order valence-corrected chi connectivity index (χ4v) is 5.60. The number of aromatic nitrogens is 5. The highest BCUT2D eigenvalue weighted by Gasteiger charge is 2.22. The van der Waals surface area contributed by atoms with Crippen LogP contribution in [0.4, 0.5) is 0 Å². The number of nitrogens with zero attached hydrogens (tertiary/aromatic N) is 7. The lowest BCUT2D eigenvalue weighted by Gasteiger charge is -2.20. The molecule has 1 aromatic carbocycles. The number of hydrogen-bond acceptors (Lipinski definition) is 9. The number of thiazole rings is 1. The first-order chi connectivity index (χ1) is 18.6. The molecule has 0 unspecified atom stereocenters. The first kappa shape index (κ1) is 25.4. The van der Waals surface area contributed by atoms with E-state index in [0.29, 0.717) is 41.3 Å². The number of para-hydroxylation sites is 1. The van der Waals surface area contributed by atoms with Crippen molar-refractivity contribution in [3.63, 3.8) is 0 Å². The number of pyridine rings is 1. The first-order valence-corrected chi connectivity index (χ1v) is 13.7. The summed E-state index contributed by atoms with van der Waals surface area (Å²) in [6.45, 7) is 2.73.